The molecule has 1 saturated heterocycles. The smallest absolute Gasteiger partial charge is 0.339 e. The fourth-order valence-corrected chi connectivity index (χ4v) is 10.3. The summed E-state index contributed by atoms with van der Waals surface area (Å²) in [5, 5.41) is 58.1. The largest absolute Gasteiger partial charge is 0.497 e. The van der Waals surface area contributed by atoms with Gasteiger partial charge in [-0.05, 0) is 92.4 Å². The number of benzene rings is 2. The van der Waals surface area contributed by atoms with Gasteiger partial charge in [0.1, 0.15) is 48.0 Å². The lowest BCUT2D eigenvalue weighted by Crippen LogP contribution is -2.64. The monoisotopic (exact) mass is 1410 g/mol. The van der Waals surface area contributed by atoms with Crippen molar-refractivity contribution < 1.29 is 91.9 Å². The van der Waals surface area contributed by atoms with Gasteiger partial charge in [-0.2, -0.15) is 0 Å². The van der Waals surface area contributed by atoms with Crippen molar-refractivity contribution in [1.82, 2.24) is 53.2 Å². The first-order valence-corrected chi connectivity index (χ1v) is 33.1. The molecule has 1 fully saturated rings. The minimum absolute atomic E-state index is 0.0290. The summed E-state index contributed by atoms with van der Waals surface area (Å²) in [5.74, 6) is -18.8. The van der Waals surface area contributed by atoms with E-state index in [1.54, 1.807) is 41.5 Å². The molecule has 1 aliphatic rings. The zero-order valence-electron chi connectivity index (χ0n) is 58.7. The number of primary amides is 1. The maximum atomic E-state index is 15.5. The van der Waals surface area contributed by atoms with Crippen molar-refractivity contribution in [2.75, 3.05) is 26.8 Å². The second kappa shape index (κ2) is 41.1. The molecular weight excluding hydrogens is 1310 g/mol. The predicted octanol–water partition coefficient (Wildman–Crippen LogP) is -3.56. The molecule has 1 aliphatic heterocycles. The Labute approximate surface area is 581 Å². The van der Waals surface area contributed by atoms with Crippen LogP contribution in [-0.4, -0.2) is 204 Å². The summed E-state index contributed by atoms with van der Waals surface area (Å²) in [6, 6.07) is -6.01. The van der Waals surface area contributed by atoms with E-state index in [2.05, 4.69) is 58.2 Å². The third kappa shape index (κ3) is 26.9. The molecule has 15 atom stereocenters. The highest BCUT2D eigenvalue weighted by molar-refractivity contribution is 6.01. The highest BCUT2D eigenvalue weighted by Crippen LogP contribution is 2.25. The number of carbonyl (C=O) groups excluding carboxylic acids is 13. The number of cyclic esters (lactones) is 1. The first kappa shape index (κ1) is 84.7. The molecule has 0 aliphatic carbocycles. The van der Waals surface area contributed by atoms with Gasteiger partial charge in [0.2, 0.25) is 65.2 Å². The minimum atomic E-state index is -2.51. The zero-order chi connectivity index (χ0) is 75.4. The molecule has 0 radical (unpaired) electrons. The molecule has 2 aromatic carbocycles. The summed E-state index contributed by atoms with van der Waals surface area (Å²) in [5.41, 5.74) is 22.8. The van der Waals surface area contributed by atoms with Gasteiger partial charge in [0.05, 0.1) is 44.1 Å². The summed E-state index contributed by atoms with van der Waals surface area (Å²) in [7, 11) is 1.28. The quantitative estimate of drug-likeness (QED) is 0.0188. The Balaban J connectivity index is 2.50. The lowest BCUT2D eigenvalue weighted by atomic mass is 9.95. The number of aliphatic imine (C=N–C) groups is 1. The van der Waals surface area contributed by atoms with Crippen molar-refractivity contribution in [2.24, 2.45) is 57.5 Å². The molecule has 0 spiro atoms. The highest BCUT2D eigenvalue weighted by atomic mass is 16.6. The van der Waals surface area contributed by atoms with E-state index in [9.17, 15) is 68.1 Å². The van der Waals surface area contributed by atoms with Crippen LogP contribution in [-0.2, 0) is 67.0 Å². The second-order valence-corrected chi connectivity index (χ2v) is 26.2. The molecule has 0 bridgehead atoms. The van der Waals surface area contributed by atoms with Crippen molar-refractivity contribution in [3.05, 3.63) is 65.7 Å². The molecule has 3 rings (SSSR count). The van der Waals surface area contributed by atoms with E-state index >= 15 is 9.59 Å². The van der Waals surface area contributed by atoms with Crippen LogP contribution in [0.25, 0.3) is 0 Å². The van der Waals surface area contributed by atoms with E-state index in [0.717, 1.165) is 6.92 Å². The summed E-state index contributed by atoms with van der Waals surface area (Å²) >= 11 is 0. The standard InChI is InChI=1S/C66H103N15O19/c1-13-35(10)46-60(92)79-47(36(11)83)59(91)72-29-45(84)77-50(53(54(68)86)100-64(96)38-21-17-22-39(28-38)98-12)62(94)76-44(30-82)65(97)99-52(37-19-15-14-16-20-37)49(81-58(90)43(27-33(6)7)74-55(87)40(67)25-31(2)3)63(95)80-48(51(85)34(8)9)61(93)75-42(26-32(4)5)57(89)73-41(56(88)78-46)23-18-24-71-66(69)70/h14-17,19-22,28,31-36,40-44,46-53,82-83,85H,13,18,23-27,29-30,67H2,1-12H3,(H2,68,86)(H,72,91)(H,73,89)(H,74,87)(H,75,93)(H,76,94)(H,77,84)(H,78,88)(H,79,92)(H,80,95)(H,81,90)(H4,69,70,71)/t35-,36-,40+,41+,42-,43-,44-,46-,47-,48-,49-,50-,51+,52+,53-/m0/s1. The number of guanidine groups is 1. The van der Waals surface area contributed by atoms with Gasteiger partial charge < -0.3 is 106 Å². The predicted molar refractivity (Wildman–Crippen MR) is 362 cm³/mol. The number of carbonyl (C=O) groups is 13. The van der Waals surface area contributed by atoms with Crippen LogP contribution in [0, 0.1) is 29.6 Å². The third-order valence-electron chi connectivity index (χ3n) is 16.0. The molecule has 21 N–H and O–H groups in total. The van der Waals surface area contributed by atoms with E-state index in [1.165, 1.54) is 75.6 Å². The Bertz CT molecular complexity index is 3170. The van der Waals surface area contributed by atoms with E-state index in [-0.39, 0.29) is 79.7 Å². The van der Waals surface area contributed by atoms with Gasteiger partial charge in [-0.25, -0.2) is 9.59 Å². The Morgan fingerprint density at radius 3 is 1.80 bits per heavy atom. The van der Waals surface area contributed by atoms with Gasteiger partial charge in [0, 0.05) is 6.54 Å². The van der Waals surface area contributed by atoms with Gasteiger partial charge in [-0.1, -0.05) is 112 Å². The summed E-state index contributed by atoms with van der Waals surface area (Å²) < 4.78 is 16.7. The number of rotatable bonds is 26. The topological polar surface area (TPSA) is 547 Å². The third-order valence-corrected chi connectivity index (χ3v) is 16.0. The van der Waals surface area contributed by atoms with Crippen molar-refractivity contribution in [3.8, 4) is 5.75 Å². The normalized spacial score (nSPS) is 23.3. The molecule has 34 heteroatoms. The molecule has 556 valence electrons. The number of methoxy groups -OCH3 is 1. The van der Waals surface area contributed by atoms with Gasteiger partial charge in [-0.3, -0.25) is 57.7 Å². The van der Waals surface area contributed by atoms with Crippen LogP contribution in [0.15, 0.2) is 59.6 Å². The fourth-order valence-electron chi connectivity index (χ4n) is 10.3. The number of hydrogen-bond donors (Lipinski definition) is 17. The van der Waals surface area contributed by atoms with Crippen molar-refractivity contribution in [1.29, 1.82) is 0 Å². The lowest BCUT2D eigenvalue weighted by Gasteiger charge is -2.34. The number of ether oxygens (including phenoxy) is 3. The number of aliphatic hydroxyl groups is 3. The number of nitrogens with one attached hydrogen (secondary N) is 10. The number of nitrogens with two attached hydrogens (primary N) is 4. The van der Waals surface area contributed by atoms with Crippen LogP contribution in [0.1, 0.15) is 137 Å². The van der Waals surface area contributed by atoms with Crippen LogP contribution in [0.5, 0.6) is 5.75 Å². The first-order valence-electron chi connectivity index (χ1n) is 33.1. The SMILES string of the molecule is CC[C@H](C)[C@@H]1NC(=O)[C@@H](CCCN=C(N)N)NC(=O)[C@H](CC(C)C)NC(=O)[C@H]([C@H](O)C(C)C)NC(=O)[C@@H](NC(=O)[C@H](CC(C)C)NC(=O)[C@H](N)CC(C)C)[C@@H](c2ccccc2)OC(=O)[C@H](CO)NC(=O)[C@H]([C@H](OC(=O)c2cccc(OC)c2)C(N)=O)NC(=O)CNC(=O)[C@H]([C@H](C)O)NC1=O. The molecule has 100 heavy (non-hydrogen) atoms. The van der Waals surface area contributed by atoms with Crippen LogP contribution in [0.2, 0.25) is 0 Å². The molecule has 0 aromatic heterocycles. The Morgan fingerprint density at radius 1 is 0.660 bits per heavy atom. The summed E-state index contributed by atoms with van der Waals surface area (Å²) in [4.78, 5) is 192. The Morgan fingerprint density at radius 2 is 1.24 bits per heavy atom. The van der Waals surface area contributed by atoms with Crippen molar-refractivity contribution >= 4 is 82.9 Å². The van der Waals surface area contributed by atoms with Gasteiger partial charge >= 0.3 is 11.9 Å². The van der Waals surface area contributed by atoms with Crippen molar-refractivity contribution in [3.63, 3.8) is 0 Å². The number of amides is 11. The van der Waals surface area contributed by atoms with E-state index in [4.69, 9.17) is 37.1 Å². The Kier molecular flexibility index (Phi) is 34.8. The first-order chi connectivity index (χ1) is 46.9. The number of esters is 2. The molecule has 2 aromatic rings. The van der Waals surface area contributed by atoms with Crippen LogP contribution < -0.4 is 80.8 Å². The maximum absolute atomic E-state index is 15.5. The minimum Gasteiger partial charge on any atom is -0.497 e. The second-order valence-electron chi connectivity index (χ2n) is 26.2. The highest BCUT2D eigenvalue weighted by Gasteiger charge is 2.45. The number of hydrogen-bond acceptors (Lipinski definition) is 21. The van der Waals surface area contributed by atoms with Crippen LogP contribution >= 0.6 is 0 Å². The average molecular weight is 1410 g/mol. The van der Waals surface area contributed by atoms with E-state index in [0.29, 0.717) is 0 Å². The van der Waals surface area contributed by atoms with Gasteiger partial charge in [0.25, 0.3) is 5.91 Å². The molecule has 1 heterocycles. The maximum Gasteiger partial charge on any atom is 0.339 e. The summed E-state index contributed by atoms with van der Waals surface area (Å²) in [6.07, 6.45) is -8.23. The van der Waals surface area contributed by atoms with Crippen LogP contribution in [0.3, 0.4) is 0 Å². The van der Waals surface area contributed by atoms with E-state index in [1.807, 2.05) is 13.8 Å². The number of nitrogens with zero attached hydrogens (tertiary/aromatic N) is 1. The Hall–Kier alpha value is -9.54. The van der Waals surface area contributed by atoms with E-state index < -0.39 is 193 Å². The molecule has 0 saturated carbocycles. The molecule has 0 unspecified atom stereocenters. The zero-order valence-corrected chi connectivity index (χ0v) is 58.7. The van der Waals surface area contributed by atoms with Crippen LogP contribution in [0.4, 0.5) is 0 Å². The fraction of sp³-hybridized carbons (Fsp3) is 0.606. The number of aliphatic hydroxyl groups excluding tert-OH is 3. The van der Waals surface area contributed by atoms with Crippen molar-refractivity contribution in [2.45, 2.75) is 200 Å². The molecule has 11 amide bonds. The lowest BCUT2D eigenvalue weighted by molar-refractivity contribution is -0.159. The molecule has 34 nitrogen and oxygen atoms in total. The average Bonchev–Trinajstić information content (AvgIpc) is 0.816. The van der Waals surface area contributed by atoms with Gasteiger partial charge in [0.15, 0.2) is 24.1 Å². The molecular formula is C66H103N15O19. The summed E-state index contributed by atoms with van der Waals surface area (Å²) in [6.45, 7) is 15.1. The van der Waals surface area contributed by atoms with Gasteiger partial charge in [-0.15, -0.1) is 0 Å².